The molecule has 2 rings (SSSR count). The number of aliphatic hydroxyl groups excluding tert-OH is 1. The first-order valence-corrected chi connectivity index (χ1v) is 7.85. The van der Waals surface area contributed by atoms with Gasteiger partial charge in [-0.1, -0.05) is 13.8 Å². The Hall–Kier alpha value is -0.430. The van der Waals surface area contributed by atoms with Gasteiger partial charge in [0, 0.05) is 13.1 Å². The van der Waals surface area contributed by atoms with E-state index in [1.807, 2.05) is 0 Å². The Morgan fingerprint density at radius 3 is 2.71 bits per heavy atom. The van der Waals surface area contributed by atoms with E-state index >= 15 is 0 Å². The third-order valence-electron chi connectivity index (χ3n) is 3.05. The van der Waals surface area contributed by atoms with Crippen LogP contribution in [0.4, 0.5) is 0 Å². The molecule has 96 valence electrons. The van der Waals surface area contributed by atoms with Crippen LogP contribution in [0.15, 0.2) is 15.7 Å². The molecule has 0 radical (unpaired) electrons. The Morgan fingerprint density at radius 2 is 2.24 bits per heavy atom. The van der Waals surface area contributed by atoms with Crippen molar-refractivity contribution in [2.24, 2.45) is 5.41 Å². The van der Waals surface area contributed by atoms with Crippen LogP contribution in [0.25, 0.3) is 0 Å². The lowest BCUT2D eigenvalue weighted by Crippen LogP contribution is -2.29. The number of thiophene rings is 1. The van der Waals surface area contributed by atoms with E-state index in [4.69, 9.17) is 5.11 Å². The van der Waals surface area contributed by atoms with Crippen LogP contribution < -0.4 is 0 Å². The number of hydrogen-bond donors (Lipinski definition) is 1. The van der Waals surface area contributed by atoms with Crippen LogP contribution >= 0.6 is 11.3 Å². The summed E-state index contributed by atoms with van der Waals surface area (Å²) < 4.78 is 26.5. The summed E-state index contributed by atoms with van der Waals surface area (Å²) in [5, 5.41) is 10.7. The molecule has 0 aromatic carbocycles. The van der Waals surface area contributed by atoms with Gasteiger partial charge in [-0.15, -0.1) is 11.3 Å². The van der Waals surface area contributed by atoms with E-state index in [2.05, 4.69) is 13.8 Å². The molecule has 0 amide bonds. The van der Waals surface area contributed by atoms with Gasteiger partial charge < -0.3 is 5.11 Å². The highest BCUT2D eigenvalue weighted by Crippen LogP contribution is 2.34. The van der Waals surface area contributed by atoms with Gasteiger partial charge in [-0.3, -0.25) is 0 Å². The van der Waals surface area contributed by atoms with Gasteiger partial charge in [0.1, 0.15) is 4.21 Å². The van der Waals surface area contributed by atoms with Crippen molar-refractivity contribution >= 4 is 21.4 Å². The van der Waals surface area contributed by atoms with E-state index in [1.165, 1.54) is 11.3 Å². The molecule has 0 unspecified atom stereocenters. The molecule has 1 N–H and O–H groups in total. The van der Waals surface area contributed by atoms with E-state index < -0.39 is 10.0 Å². The van der Waals surface area contributed by atoms with Crippen molar-refractivity contribution in [2.45, 2.75) is 31.1 Å². The summed E-state index contributed by atoms with van der Waals surface area (Å²) >= 11 is 1.18. The van der Waals surface area contributed by atoms with Gasteiger partial charge in [0.2, 0.25) is 0 Å². The molecule has 1 fully saturated rings. The zero-order valence-electron chi connectivity index (χ0n) is 10.0. The fourth-order valence-electron chi connectivity index (χ4n) is 1.97. The monoisotopic (exact) mass is 275 g/mol. The SMILES string of the molecule is CC1(C)CCN(S(=O)(=O)c2cc(CO)cs2)C1. The van der Waals surface area contributed by atoms with Crippen molar-refractivity contribution in [1.29, 1.82) is 0 Å². The summed E-state index contributed by atoms with van der Waals surface area (Å²) in [6.45, 7) is 5.20. The lowest BCUT2D eigenvalue weighted by molar-refractivity contribution is 0.282. The molecule has 6 heteroatoms. The second-order valence-electron chi connectivity index (χ2n) is 5.18. The Morgan fingerprint density at radius 1 is 1.53 bits per heavy atom. The molecule has 17 heavy (non-hydrogen) atoms. The molecule has 4 nitrogen and oxygen atoms in total. The lowest BCUT2D eigenvalue weighted by Gasteiger charge is -2.18. The first-order valence-electron chi connectivity index (χ1n) is 5.54. The highest BCUT2D eigenvalue weighted by atomic mass is 32.2. The van der Waals surface area contributed by atoms with Gasteiger partial charge in [-0.05, 0) is 28.8 Å². The minimum absolute atomic E-state index is 0.0597. The largest absolute Gasteiger partial charge is 0.392 e. The number of sulfonamides is 1. The van der Waals surface area contributed by atoms with Crippen molar-refractivity contribution in [1.82, 2.24) is 4.31 Å². The molecule has 2 heterocycles. The van der Waals surface area contributed by atoms with Gasteiger partial charge >= 0.3 is 0 Å². The van der Waals surface area contributed by atoms with Crippen molar-refractivity contribution < 1.29 is 13.5 Å². The summed E-state index contributed by atoms with van der Waals surface area (Å²) in [6, 6.07) is 1.56. The van der Waals surface area contributed by atoms with E-state index in [-0.39, 0.29) is 12.0 Å². The molecule has 0 atom stereocenters. The van der Waals surface area contributed by atoms with Crippen LogP contribution in [0.2, 0.25) is 0 Å². The van der Waals surface area contributed by atoms with Crippen LogP contribution in [0.1, 0.15) is 25.8 Å². The number of aliphatic hydroxyl groups is 1. The zero-order valence-corrected chi connectivity index (χ0v) is 11.6. The van der Waals surface area contributed by atoms with E-state index in [1.54, 1.807) is 15.8 Å². The molecule has 0 spiro atoms. The maximum atomic E-state index is 12.3. The van der Waals surface area contributed by atoms with Crippen molar-refractivity contribution in [3.8, 4) is 0 Å². The molecule has 1 aromatic rings. The smallest absolute Gasteiger partial charge is 0.252 e. The van der Waals surface area contributed by atoms with Crippen LogP contribution in [0, 0.1) is 5.41 Å². The summed E-state index contributed by atoms with van der Waals surface area (Å²) in [6.07, 6.45) is 0.893. The maximum Gasteiger partial charge on any atom is 0.252 e. The minimum atomic E-state index is -3.36. The van der Waals surface area contributed by atoms with E-state index in [0.717, 1.165) is 6.42 Å². The van der Waals surface area contributed by atoms with Gasteiger partial charge in [0.25, 0.3) is 10.0 Å². The predicted molar refractivity (Wildman–Crippen MR) is 67.4 cm³/mol. The van der Waals surface area contributed by atoms with Gasteiger partial charge in [0.05, 0.1) is 6.61 Å². The molecule has 1 aliphatic heterocycles. The molecule has 0 bridgehead atoms. The first kappa shape index (κ1) is 13.0. The summed E-state index contributed by atoms with van der Waals surface area (Å²) in [7, 11) is -3.36. The van der Waals surface area contributed by atoms with Crippen LogP contribution in [0.5, 0.6) is 0 Å². The fraction of sp³-hybridized carbons (Fsp3) is 0.636. The normalized spacial score (nSPS) is 20.9. The van der Waals surface area contributed by atoms with Gasteiger partial charge in [0.15, 0.2) is 0 Å². The molecule has 0 aliphatic carbocycles. The third kappa shape index (κ3) is 2.54. The van der Waals surface area contributed by atoms with Crippen LogP contribution in [0.3, 0.4) is 0 Å². The molecule has 0 saturated carbocycles. The van der Waals surface area contributed by atoms with Crippen LogP contribution in [-0.4, -0.2) is 30.9 Å². The average molecular weight is 275 g/mol. The lowest BCUT2D eigenvalue weighted by atomic mass is 9.93. The topological polar surface area (TPSA) is 57.6 Å². The second-order valence-corrected chi connectivity index (χ2v) is 8.26. The molecular formula is C11H17NO3S2. The third-order valence-corrected chi connectivity index (χ3v) is 6.36. The highest BCUT2D eigenvalue weighted by Gasteiger charge is 2.37. The standard InChI is InChI=1S/C11H17NO3S2/c1-11(2)3-4-12(8-11)17(14,15)10-5-9(6-13)7-16-10/h5,7,13H,3-4,6,8H2,1-2H3. The van der Waals surface area contributed by atoms with Crippen molar-refractivity contribution in [3.05, 3.63) is 17.0 Å². The van der Waals surface area contributed by atoms with Crippen molar-refractivity contribution in [3.63, 3.8) is 0 Å². The number of rotatable bonds is 3. The second kappa shape index (κ2) is 4.35. The Labute approximate surface area is 106 Å². The van der Waals surface area contributed by atoms with E-state index in [9.17, 15) is 8.42 Å². The van der Waals surface area contributed by atoms with Gasteiger partial charge in [-0.2, -0.15) is 4.31 Å². The summed E-state index contributed by atoms with van der Waals surface area (Å²) in [5.74, 6) is 0. The Kier molecular flexibility index (Phi) is 3.33. The van der Waals surface area contributed by atoms with Gasteiger partial charge in [-0.25, -0.2) is 8.42 Å². The maximum absolute atomic E-state index is 12.3. The summed E-state index contributed by atoms with van der Waals surface area (Å²) in [5.41, 5.74) is 0.719. The molecule has 1 aromatic heterocycles. The van der Waals surface area contributed by atoms with Crippen molar-refractivity contribution in [2.75, 3.05) is 13.1 Å². The number of hydrogen-bond acceptors (Lipinski definition) is 4. The minimum Gasteiger partial charge on any atom is -0.392 e. The number of nitrogens with zero attached hydrogens (tertiary/aromatic N) is 1. The Balaban J connectivity index is 2.25. The quantitative estimate of drug-likeness (QED) is 0.912. The predicted octanol–water partition coefficient (Wildman–Crippen LogP) is 1.66. The summed E-state index contributed by atoms with van der Waals surface area (Å²) in [4.78, 5) is 0. The molecule has 1 saturated heterocycles. The molecule has 1 aliphatic rings. The van der Waals surface area contributed by atoms with Crippen LogP contribution in [-0.2, 0) is 16.6 Å². The fourth-order valence-corrected chi connectivity index (χ4v) is 4.95. The molecular weight excluding hydrogens is 258 g/mol. The average Bonchev–Trinajstić information content (AvgIpc) is 2.84. The highest BCUT2D eigenvalue weighted by molar-refractivity contribution is 7.91. The Bertz CT molecular complexity index is 505. The van der Waals surface area contributed by atoms with E-state index in [0.29, 0.717) is 22.9 Å². The zero-order chi connectivity index (χ0) is 12.7. The first-order chi connectivity index (χ1) is 7.85.